The van der Waals surface area contributed by atoms with Gasteiger partial charge in [-0.1, -0.05) is 26.0 Å². The molecule has 2 aromatic rings. The molecule has 0 unspecified atom stereocenters. The monoisotopic (exact) mass is 317 g/mol. The summed E-state index contributed by atoms with van der Waals surface area (Å²) in [6, 6.07) is 6.96. The maximum Gasteiger partial charge on any atom is 0.284 e. The van der Waals surface area contributed by atoms with Crippen molar-refractivity contribution in [3.05, 3.63) is 45.9 Å². The van der Waals surface area contributed by atoms with E-state index in [0.29, 0.717) is 16.3 Å². The van der Waals surface area contributed by atoms with Crippen LogP contribution < -0.4 is 5.32 Å². The lowest BCUT2D eigenvalue weighted by atomic mass is 10.1. The number of hydrogen-bond acceptors (Lipinski definition) is 4. The van der Waals surface area contributed by atoms with Gasteiger partial charge in [0.1, 0.15) is 0 Å². The summed E-state index contributed by atoms with van der Waals surface area (Å²) in [5, 5.41) is 5.06. The molecule has 0 fully saturated rings. The molecule has 0 saturated carbocycles. The maximum absolute atomic E-state index is 12.3. The predicted octanol–water partition coefficient (Wildman–Crippen LogP) is 3.22. The minimum atomic E-state index is -0.295. The highest BCUT2D eigenvalue weighted by Crippen LogP contribution is 2.21. The zero-order valence-electron chi connectivity index (χ0n) is 13.1. The second kappa shape index (κ2) is 6.70. The number of carbonyl (C=O) groups excluding carboxylic acids is 2. The van der Waals surface area contributed by atoms with Crippen LogP contribution in [0.15, 0.2) is 29.6 Å². The van der Waals surface area contributed by atoms with Crippen LogP contribution in [0.5, 0.6) is 0 Å². The minimum absolute atomic E-state index is 0.155. The summed E-state index contributed by atoms with van der Waals surface area (Å²) in [6.07, 6.45) is 0. The van der Waals surface area contributed by atoms with Gasteiger partial charge in [-0.05, 0) is 18.1 Å². The van der Waals surface area contributed by atoms with E-state index in [1.165, 1.54) is 16.2 Å². The fraction of sp³-hybridized carbons (Fsp3) is 0.312. The largest absolute Gasteiger partial charge is 0.345 e. The van der Waals surface area contributed by atoms with Crippen LogP contribution in [-0.4, -0.2) is 35.8 Å². The first-order valence-electron chi connectivity index (χ1n) is 6.97. The minimum Gasteiger partial charge on any atom is -0.345 e. The third kappa shape index (κ3) is 3.51. The van der Waals surface area contributed by atoms with Crippen molar-refractivity contribution in [1.82, 2.24) is 9.88 Å². The van der Waals surface area contributed by atoms with Crippen LogP contribution in [0.1, 0.15) is 45.6 Å². The lowest BCUT2D eigenvalue weighted by Crippen LogP contribution is -2.24. The quantitative estimate of drug-likeness (QED) is 0.942. The molecule has 2 rings (SSSR count). The molecule has 0 aliphatic rings. The Morgan fingerprint density at radius 2 is 1.91 bits per heavy atom. The second-order valence-electron chi connectivity index (χ2n) is 5.43. The van der Waals surface area contributed by atoms with E-state index in [2.05, 4.69) is 10.3 Å². The molecule has 0 atom stereocenters. The average molecular weight is 317 g/mol. The van der Waals surface area contributed by atoms with E-state index >= 15 is 0 Å². The molecule has 0 aliphatic carbocycles. The summed E-state index contributed by atoms with van der Waals surface area (Å²) in [4.78, 5) is 30.2. The number of amides is 2. The van der Waals surface area contributed by atoms with E-state index in [4.69, 9.17) is 0 Å². The summed E-state index contributed by atoms with van der Waals surface area (Å²) in [5.41, 5.74) is 1.85. The number of nitrogens with zero attached hydrogens (tertiary/aromatic N) is 2. The van der Waals surface area contributed by atoms with Crippen LogP contribution in [0.3, 0.4) is 0 Å². The molecule has 0 saturated heterocycles. The lowest BCUT2D eigenvalue weighted by Gasteiger charge is -2.14. The highest BCUT2D eigenvalue weighted by Gasteiger charge is 2.17. The SMILES string of the molecule is CC(C)c1csc(C(=O)Nc2ccccc2C(=O)N(C)C)n1. The van der Waals surface area contributed by atoms with Crippen molar-refractivity contribution in [1.29, 1.82) is 0 Å². The zero-order valence-corrected chi connectivity index (χ0v) is 13.9. The standard InChI is InChI=1S/C16H19N3O2S/c1-10(2)13-9-22-15(18-13)14(20)17-12-8-6-5-7-11(12)16(21)19(3)4/h5-10H,1-4H3,(H,17,20). The Balaban J connectivity index is 2.23. The van der Waals surface area contributed by atoms with Gasteiger partial charge >= 0.3 is 0 Å². The van der Waals surface area contributed by atoms with Crippen LogP contribution in [0, 0.1) is 0 Å². The number of rotatable bonds is 4. The number of benzene rings is 1. The smallest absolute Gasteiger partial charge is 0.284 e. The average Bonchev–Trinajstić information content (AvgIpc) is 2.97. The molecule has 0 radical (unpaired) electrons. The molecule has 1 heterocycles. The Kier molecular flexibility index (Phi) is 4.92. The van der Waals surface area contributed by atoms with Gasteiger partial charge in [0.05, 0.1) is 16.9 Å². The van der Waals surface area contributed by atoms with E-state index in [1.807, 2.05) is 19.2 Å². The summed E-state index contributed by atoms with van der Waals surface area (Å²) in [7, 11) is 3.35. The molecule has 5 nitrogen and oxygen atoms in total. The van der Waals surface area contributed by atoms with Crippen molar-refractivity contribution >= 4 is 28.8 Å². The van der Waals surface area contributed by atoms with Crippen molar-refractivity contribution in [3.8, 4) is 0 Å². The Labute approximate surface area is 134 Å². The van der Waals surface area contributed by atoms with Crippen LogP contribution in [0.4, 0.5) is 5.69 Å². The van der Waals surface area contributed by atoms with Gasteiger partial charge in [-0.2, -0.15) is 0 Å². The third-order valence-electron chi connectivity index (χ3n) is 3.12. The van der Waals surface area contributed by atoms with Crippen molar-refractivity contribution in [2.24, 2.45) is 0 Å². The molecule has 116 valence electrons. The normalized spacial score (nSPS) is 10.6. The van der Waals surface area contributed by atoms with Crippen molar-refractivity contribution in [3.63, 3.8) is 0 Å². The van der Waals surface area contributed by atoms with Gasteiger partial charge in [0, 0.05) is 19.5 Å². The van der Waals surface area contributed by atoms with E-state index < -0.39 is 0 Å². The Bertz CT molecular complexity index is 692. The van der Waals surface area contributed by atoms with E-state index in [1.54, 1.807) is 38.4 Å². The highest BCUT2D eigenvalue weighted by molar-refractivity contribution is 7.11. The molecular weight excluding hydrogens is 298 g/mol. The highest BCUT2D eigenvalue weighted by atomic mass is 32.1. The number of thiazole rings is 1. The maximum atomic E-state index is 12.3. The first kappa shape index (κ1) is 16.2. The molecular formula is C16H19N3O2S. The Morgan fingerprint density at radius 1 is 1.23 bits per heavy atom. The zero-order chi connectivity index (χ0) is 16.3. The van der Waals surface area contributed by atoms with E-state index in [0.717, 1.165) is 5.69 Å². The van der Waals surface area contributed by atoms with Crippen LogP contribution >= 0.6 is 11.3 Å². The molecule has 0 bridgehead atoms. The number of hydrogen-bond donors (Lipinski definition) is 1. The fourth-order valence-electron chi connectivity index (χ4n) is 1.85. The van der Waals surface area contributed by atoms with Gasteiger partial charge in [0.15, 0.2) is 5.01 Å². The van der Waals surface area contributed by atoms with Crippen LogP contribution in [-0.2, 0) is 0 Å². The molecule has 0 aliphatic heterocycles. The van der Waals surface area contributed by atoms with Crippen LogP contribution in [0.25, 0.3) is 0 Å². The predicted molar refractivity (Wildman–Crippen MR) is 88.6 cm³/mol. The lowest BCUT2D eigenvalue weighted by molar-refractivity contribution is 0.0828. The first-order chi connectivity index (χ1) is 10.4. The van der Waals surface area contributed by atoms with Crippen molar-refractivity contribution in [2.45, 2.75) is 19.8 Å². The summed E-state index contributed by atoms with van der Waals surface area (Å²) in [5.74, 6) is -0.172. The van der Waals surface area contributed by atoms with Gasteiger partial charge in [-0.3, -0.25) is 9.59 Å². The fourth-order valence-corrected chi connectivity index (χ4v) is 2.72. The summed E-state index contributed by atoms with van der Waals surface area (Å²) < 4.78 is 0. The van der Waals surface area contributed by atoms with Crippen molar-refractivity contribution < 1.29 is 9.59 Å². The van der Waals surface area contributed by atoms with Gasteiger partial charge in [-0.25, -0.2) is 4.98 Å². The Morgan fingerprint density at radius 3 is 2.50 bits per heavy atom. The third-order valence-corrected chi connectivity index (χ3v) is 3.98. The summed E-state index contributed by atoms with van der Waals surface area (Å²) in [6.45, 7) is 4.06. The molecule has 1 aromatic heterocycles. The number of para-hydroxylation sites is 1. The van der Waals surface area contributed by atoms with Gasteiger partial charge in [0.25, 0.3) is 11.8 Å². The molecule has 22 heavy (non-hydrogen) atoms. The number of anilines is 1. The number of carbonyl (C=O) groups is 2. The van der Waals surface area contributed by atoms with Gasteiger partial charge < -0.3 is 10.2 Å². The molecule has 1 aromatic carbocycles. The topological polar surface area (TPSA) is 62.3 Å². The molecule has 1 N–H and O–H groups in total. The van der Waals surface area contributed by atoms with Gasteiger partial charge in [0.2, 0.25) is 0 Å². The Hall–Kier alpha value is -2.21. The number of nitrogens with one attached hydrogen (secondary N) is 1. The molecule has 2 amide bonds. The summed E-state index contributed by atoms with van der Waals surface area (Å²) >= 11 is 1.31. The van der Waals surface area contributed by atoms with E-state index in [-0.39, 0.29) is 17.7 Å². The molecule has 6 heteroatoms. The van der Waals surface area contributed by atoms with E-state index in [9.17, 15) is 9.59 Å². The first-order valence-corrected chi connectivity index (χ1v) is 7.85. The molecule has 0 spiro atoms. The second-order valence-corrected chi connectivity index (χ2v) is 6.29. The van der Waals surface area contributed by atoms with Gasteiger partial charge in [-0.15, -0.1) is 11.3 Å². The van der Waals surface area contributed by atoms with Crippen LogP contribution in [0.2, 0.25) is 0 Å². The number of aromatic nitrogens is 1. The van der Waals surface area contributed by atoms with Crippen molar-refractivity contribution in [2.75, 3.05) is 19.4 Å².